The lowest BCUT2D eigenvalue weighted by molar-refractivity contribution is 0.0663. The molecule has 1 heterocycles. The maximum atomic E-state index is 11.8. The van der Waals surface area contributed by atoms with Crippen molar-refractivity contribution in [2.45, 2.75) is 38.3 Å². The van der Waals surface area contributed by atoms with Gasteiger partial charge in [-0.2, -0.15) is 0 Å². The van der Waals surface area contributed by atoms with Gasteiger partial charge in [0.2, 0.25) is 0 Å². The van der Waals surface area contributed by atoms with E-state index in [0.29, 0.717) is 17.9 Å². The minimum atomic E-state index is -0.289. The summed E-state index contributed by atoms with van der Waals surface area (Å²) in [6.45, 7) is 0.803. The molecule has 1 aliphatic carbocycles. The summed E-state index contributed by atoms with van der Waals surface area (Å²) in [5.74, 6) is 0.595. The van der Waals surface area contributed by atoms with E-state index in [1.165, 1.54) is 6.26 Å². The average molecular weight is 289 g/mol. The van der Waals surface area contributed by atoms with Gasteiger partial charge in [0.05, 0.1) is 18.2 Å². The smallest absolute Gasteiger partial charge is 0.254 e. The SMILES string of the molecule is Cl.NCc1cc(C(=O)NCC2CCCCC2O)co1. The molecule has 0 bridgehead atoms. The molecule has 0 radical (unpaired) electrons. The van der Waals surface area contributed by atoms with Gasteiger partial charge in [-0.15, -0.1) is 12.4 Å². The van der Waals surface area contributed by atoms with Crippen molar-refractivity contribution in [1.29, 1.82) is 0 Å². The van der Waals surface area contributed by atoms with Gasteiger partial charge < -0.3 is 20.6 Å². The minimum Gasteiger partial charge on any atom is -0.467 e. The molecule has 1 fully saturated rings. The van der Waals surface area contributed by atoms with Crippen LogP contribution in [-0.2, 0) is 6.54 Å². The number of aliphatic hydroxyl groups is 1. The van der Waals surface area contributed by atoms with Crippen molar-refractivity contribution in [3.63, 3.8) is 0 Å². The number of carbonyl (C=O) groups is 1. The van der Waals surface area contributed by atoms with E-state index in [2.05, 4.69) is 5.32 Å². The van der Waals surface area contributed by atoms with Crippen LogP contribution >= 0.6 is 12.4 Å². The summed E-state index contributed by atoms with van der Waals surface area (Å²) in [6.07, 6.45) is 5.13. The Balaban J connectivity index is 0.00000180. The molecule has 0 saturated heterocycles. The van der Waals surface area contributed by atoms with Gasteiger partial charge in [0.15, 0.2) is 0 Å². The van der Waals surface area contributed by atoms with Crippen LogP contribution in [0.15, 0.2) is 16.7 Å². The van der Waals surface area contributed by atoms with Crippen LogP contribution in [0.3, 0.4) is 0 Å². The van der Waals surface area contributed by atoms with Crippen molar-refractivity contribution in [3.8, 4) is 0 Å². The molecule has 1 aromatic heterocycles. The summed E-state index contributed by atoms with van der Waals surface area (Å²) in [7, 11) is 0. The van der Waals surface area contributed by atoms with Crippen molar-refractivity contribution < 1.29 is 14.3 Å². The lowest BCUT2D eigenvalue weighted by atomic mass is 9.86. The van der Waals surface area contributed by atoms with Gasteiger partial charge in [0, 0.05) is 12.5 Å². The Bertz CT molecular complexity index is 408. The van der Waals surface area contributed by atoms with Crippen molar-refractivity contribution >= 4 is 18.3 Å². The first kappa shape index (κ1) is 16.0. The van der Waals surface area contributed by atoms with Gasteiger partial charge >= 0.3 is 0 Å². The molecule has 1 aromatic rings. The van der Waals surface area contributed by atoms with Crippen molar-refractivity contribution in [3.05, 3.63) is 23.7 Å². The molecule has 108 valence electrons. The molecule has 1 amide bonds. The number of amides is 1. The summed E-state index contributed by atoms with van der Waals surface area (Å²) in [5.41, 5.74) is 5.90. The topological polar surface area (TPSA) is 88.5 Å². The molecular formula is C13H21ClN2O3. The number of halogens is 1. The monoisotopic (exact) mass is 288 g/mol. The van der Waals surface area contributed by atoms with Gasteiger partial charge in [0.1, 0.15) is 12.0 Å². The fraction of sp³-hybridized carbons (Fsp3) is 0.615. The zero-order chi connectivity index (χ0) is 13.0. The predicted octanol–water partition coefficient (Wildman–Crippen LogP) is 1.44. The van der Waals surface area contributed by atoms with Crippen LogP contribution in [0.2, 0.25) is 0 Å². The largest absolute Gasteiger partial charge is 0.467 e. The fourth-order valence-corrected chi connectivity index (χ4v) is 2.36. The van der Waals surface area contributed by atoms with Crippen LogP contribution in [-0.4, -0.2) is 23.7 Å². The average Bonchev–Trinajstić information content (AvgIpc) is 2.86. The number of aliphatic hydroxyl groups excluding tert-OH is 1. The van der Waals surface area contributed by atoms with E-state index in [9.17, 15) is 9.90 Å². The molecule has 0 aliphatic heterocycles. The molecule has 6 heteroatoms. The maximum absolute atomic E-state index is 11.8. The van der Waals surface area contributed by atoms with E-state index >= 15 is 0 Å². The van der Waals surface area contributed by atoms with E-state index in [0.717, 1.165) is 25.7 Å². The molecule has 0 spiro atoms. The normalized spacial score (nSPS) is 22.6. The Morgan fingerprint density at radius 3 is 2.84 bits per heavy atom. The molecule has 2 rings (SSSR count). The molecule has 1 aliphatic rings. The lowest BCUT2D eigenvalue weighted by Crippen LogP contribution is -2.36. The molecule has 4 N–H and O–H groups in total. The van der Waals surface area contributed by atoms with Crippen LogP contribution in [0.1, 0.15) is 41.8 Å². The second-order valence-electron chi connectivity index (χ2n) is 4.83. The van der Waals surface area contributed by atoms with Gasteiger partial charge in [-0.3, -0.25) is 4.79 Å². The molecule has 2 atom stereocenters. The standard InChI is InChI=1S/C13H20N2O3.ClH/c14-6-11-5-10(8-18-11)13(17)15-7-9-3-1-2-4-12(9)16;/h5,8-9,12,16H,1-4,6-7,14H2,(H,15,17);1H. The van der Waals surface area contributed by atoms with Gasteiger partial charge in [-0.25, -0.2) is 0 Å². The highest BCUT2D eigenvalue weighted by Crippen LogP contribution is 2.23. The fourth-order valence-electron chi connectivity index (χ4n) is 2.36. The summed E-state index contributed by atoms with van der Waals surface area (Å²) in [4.78, 5) is 11.8. The Kier molecular flexibility index (Phi) is 6.34. The summed E-state index contributed by atoms with van der Waals surface area (Å²) in [5, 5.41) is 12.6. The Hall–Kier alpha value is -1.04. The third-order valence-electron chi connectivity index (χ3n) is 3.51. The second-order valence-corrected chi connectivity index (χ2v) is 4.83. The number of rotatable bonds is 4. The third-order valence-corrected chi connectivity index (χ3v) is 3.51. The van der Waals surface area contributed by atoms with Crippen LogP contribution < -0.4 is 11.1 Å². The van der Waals surface area contributed by atoms with Crippen molar-refractivity contribution in [2.75, 3.05) is 6.54 Å². The van der Waals surface area contributed by atoms with Crippen LogP contribution in [0.5, 0.6) is 0 Å². The highest BCUT2D eigenvalue weighted by Gasteiger charge is 2.23. The van der Waals surface area contributed by atoms with E-state index < -0.39 is 0 Å². The Morgan fingerprint density at radius 1 is 1.47 bits per heavy atom. The molecule has 1 saturated carbocycles. The second kappa shape index (κ2) is 7.53. The summed E-state index contributed by atoms with van der Waals surface area (Å²) >= 11 is 0. The predicted molar refractivity (Wildman–Crippen MR) is 74.1 cm³/mol. The molecular weight excluding hydrogens is 268 g/mol. The number of nitrogens with one attached hydrogen (secondary N) is 1. The summed E-state index contributed by atoms with van der Waals surface area (Å²) in [6, 6.07) is 1.65. The third kappa shape index (κ3) is 4.23. The summed E-state index contributed by atoms with van der Waals surface area (Å²) < 4.78 is 5.11. The Labute approximate surface area is 119 Å². The van der Waals surface area contributed by atoms with Crippen molar-refractivity contribution in [1.82, 2.24) is 5.32 Å². The van der Waals surface area contributed by atoms with Gasteiger partial charge in [-0.1, -0.05) is 12.8 Å². The number of carbonyl (C=O) groups excluding carboxylic acids is 1. The highest BCUT2D eigenvalue weighted by atomic mass is 35.5. The van der Waals surface area contributed by atoms with Crippen LogP contribution in [0, 0.1) is 5.92 Å². The van der Waals surface area contributed by atoms with Gasteiger partial charge in [0.25, 0.3) is 5.91 Å². The molecule has 0 aromatic carbocycles. The first-order valence-electron chi connectivity index (χ1n) is 6.44. The van der Waals surface area contributed by atoms with Crippen LogP contribution in [0.25, 0.3) is 0 Å². The first-order chi connectivity index (χ1) is 8.70. The highest BCUT2D eigenvalue weighted by molar-refractivity contribution is 5.93. The zero-order valence-electron chi connectivity index (χ0n) is 10.8. The quantitative estimate of drug-likeness (QED) is 0.782. The van der Waals surface area contributed by atoms with E-state index in [1.54, 1.807) is 6.07 Å². The first-order valence-corrected chi connectivity index (χ1v) is 6.44. The molecule has 5 nitrogen and oxygen atoms in total. The van der Waals surface area contributed by atoms with E-state index in [1.807, 2.05) is 0 Å². The van der Waals surface area contributed by atoms with Gasteiger partial charge in [-0.05, 0) is 18.9 Å². The Morgan fingerprint density at radius 2 is 2.21 bits per heavy atom. The number of hydrogen-bond donors (Lipinski definition) is 3. The maximum Gasteiger partial charge on any atom is 0.254 e. The number of hydrogen-bond acceptors (Lipinski definition) is 4. The number of nitrogens with two attached hydrogens (primary N) is 1. The minimum absolute atomic E-state index is 0. The zero-order valence-corrected chi connectivity index (χ0v) is 11.6. The van der Waals surface area contributed by atoms with Crippen molar-refractivity contribution in [2.24, 2.45) is 11.7 Å². The van der Waals surface area contributed by atoms with E-state index in [4.69, 9.17) is 10.2 Å². The molecule has 19 heavy (non-hydrogen) atoms. The molecule has 2 unspecified atom stereocenters. The number of furan rings is 1. The van der Waals surface area contributed by atoms with E-state index in [-0.39, 0.29) is 36.9 Å². The van der Waals surface area contributed by atoms with Crippen LogP contribution in [0.4, 0.5) is 0 Å². The lowest BCUT2D eigenvalue weighted by Gasteiger charge is -2.27.